The second-order valence-corrected chi connectivity index (χ2v) is 3.99. The topological polar surface area (TPSA) is 18.5 Å². The SMILES string of the molecule is COC1=C[CH]CC=C1OC(C)(C)C. The van der Waals surface area contributed by atoms with Crippen molar-refractivity contribution in [2.75, 3.05) is 7.11 Å². The highest BCUT2D eigenvalue weighted by molar-refractivity contribution is 5.28. The molecule has 1 rings (SSSR count). The van der Waals surface area contributed by atoms with Gasteiger partial charge in [0.25, 0.3) is 0 Å². The van der Waals surface area contributed by atoms with Crippen LogP contribution in [-0.4, -0.2) is 12.7 Å². The third kappa shape index (κ3) is 3.13. The lowest BCUT2D eigenvalue weighted by molar-refractivity contribution is 0.0426. The Morgan fingerprint density at radius 3 is 2.46 bits per heavy atom. The van der Waals surface area contributed by atoms with Crippen molar-refractivity contribution in [3.8, 4) is 0 Å². The quantitative estimate of drug-likeness (QED) is 0.652. The highest BCUT2D eigenvalue weighted by Crippen LogP contribution is 2.24. The van der Waals surface area contributed by atoms with Gasteiger partial charge in [0.1, 0.15) is 5.60 Å². The van der Waals surface area contributed by atoms with E-state index < -0.39 is 0 Å². The lowest BCUT2D eigenvalue weighted by atomic mass is 10.1. The van der Waals surface area contributed by atoms with E-state index in [9.17, 15) is 0 Å². The molecule has 0 unspecified atom stereocenters. The minimum atomic E-state index is -0.166. The summed E-state index contributed by atoms with van der Waals surface area (Å²) in [6.07, 6.45) is 6.94. The number of hydrogen-bond acceptors (Lipinski definition) is 2. The van der Waals surface area contributed by atoms with Crippen LogP contribution in [0.1, 0.15) is 27.2 Å². The van der Waals surface area contributed by atoms with E-state index in [-0.39, 0.29) is 5.60 Å². The van der Waals surface area contributed by atoms with Gasteiger partial charge < -0.3 is 9.47 Å². The van der Waals surface area contributed by atoms with Crippen molar-refractivity contribution < 1.29 is 9.47 Å². The highest BCUT2D eigenvalue weighted by Gasteiger charge is 2.18. The Morgan fingerprint density at radius 2 is 1.92 bits per heavy atom. The number of rotatable bonds is 2. The Kier molecular flexibility index (Phi) is 3.02. The van der Waals surface area contributed by atoms with Gasteiger partial charge in [-0.2, -0.15) is 0 Å². The van der Waals surface area contributed by atoms with Crippen LogP contribution in [-0.2, 0) is 9.47 Å². The van der Waals surface area contributed by atoms with Crippen LogP contribution in [0.15, 0.2) is 23.7 Å². The molecule has 1 aliphatic carbocycles. The third-order valence-corrected chi connectivity index (χ3v) is 1.59. The van der Waals surface area contributed by atoms with Gasteiger partial charge in [0, 0.05) is 0 Å². The molecule has 0 aromatic carbocycles. The van der Waals surface area contributed by atoms with Crippen molar-refractivity contribution >= 4 is 0 Å². The zero-order valence-corrected chi connectivity index (χ0v) is 8.76. The van der Waals surface area contributed by atoms with Gasteiger partial charge in [-0.1, -0.05) is 0 Å². The van der Waals surface area contributed by atoms with Gasteiger partial charge in [-0.3, -0.25) is 0 Å². The summed E-state index contributed by atoms with van der Waals surface area (Å²) in [6, 6.07) is 0. The van der Waals surface area contributed by atoms with Crippen molar-refractivity contribution in [2.24, 2.45) is 0 Å². The molecule has 1 aliphatic rings. The smallest absolute Gasteiger partial charge is 0.157 e. The molecule has 1 radical (unpaired) electrons. The minimum Gasteiger partial charge on any atom is -0.493 e. The van der Waals surface area contributed by atoms with E-state index in [1.807, 2.05) is 39.3 Å². The van der Waals surface area contributed by atoms with E-state index in [4.69, 9.17) is 9.47 Å². The molecule has 0 aromatic rings. The fourth-order valence-electron chi connectivity index (χ4n) is 1.12. The molecule has 0 heterocycles. The Morgan fingerprint density at radius 1 is 1.23 bits per heavy atom. The molecule has 0 spiro atoms. The lowest BCUT2D eigenvalue weighted by Gasteiger charge is -2.25. The van der Waals surface area contributed by atoms with Crippen molar-refractivity contribution in [1.82, 2.24) is 0 Å². The molecule has 0 aliphatic heterocycles. The van der Waals surface area contributed by atoms with Gasteiger partial charge >= 0.3 is 0 Å². The molecular formula is C11H17O2. The number of hydrogen-bond donors (Lipinski definition) is 0. The highest BCUT2D eigenvalue weighted by atomic mass is 16.5. The molecule has 0 bridgehead atoms. The maximum atomic E-state index is 5.73. The van der Waals surface area contributed by atoms with Gasteiger partial charge in [0.05, 0.1) is 7.11 Å². The van der Waals surface area contributed by atoms with Crippen LogP contribution in [0.25, 0.3) is 0 Å². The summed E-state index contributed by atoms with van der Waals surface area (Å²) in [5, 5.41) is 0. The zero-order valence-electron chi connectivity index (χ0n) is 8.76. The molecule has 0 N–H and O–H groups in total. The van der Waals surface area contributed by atoms with E-state index in [0.29, 0.717) is 0 Å². The predicted molar refractivity (Wildman–Crippen MR) is 52.9 cm³/mol. The summed E-state index contributed by atoms with van der Waals surface area (Å²) in [7, 11) is 1.66. The summed E-state index contributed by atoms with van der Waals surface area (Å²) in [4.78, 5) is 0. The minimum absolute atomic E-state index is 0.166. The molecule has 2 heteroatoms. The first kappa shape index (κ1) is 10.2. The first-order valence-electron chi connectivity index (χ1n) is 4.50. The van der Waals surface area contributed by atoms with Crippen molar-refractivity contribution in [2.45, 2.75) is 32.8 Å². The van der Waals surface area contributed by atoms with E-state index in [0.717, 1.165) is 17.9 Å². The van der Waals surface area contributed by atoms with E-state index in [1.165, 1.54) is 0 Å². The van der Waals surface area contributed by atoms with Crippen LogP contribution in [0.4, 0.5) is 0 Å². The number of allylic oxidation sites excluding steroid dienone is 2. The number of ether oxygens (including phenoxy) is 2. The van der Waals surface area contributed by atoms with Gasteiger partial charge in [-0.25, -0.2) is 0 Å². The predicted octanol–water partition coefficient (Wildman–Crippen LogP) is 2.82. The van der Waals surface area contributed by atoms with E-state index in [1.54, 1.807) is 7.11 Å². The molecule has 0 amide bonds. The summed E-state index contributed by atoms with van der Waals surface area (Å²) < 4.78 is 10.9. The second kappa shape index (κ2) is 3.86. The maximum absolute atomic E-state index is 5.73. The molecule has 0 atom stereocenters. The molecule has 0 aromatic heterocycles. The molecule has 73 valence electrons. The molecule has 0 saturated heterocycles. The monoisotopic (exact) mass is 181 g/mol. The van der Waals surface area contributed by atoms with Crippen molar-refractivity contribution in [3.05, 3.63) is 30.1 Å². The first-order valence-corrected chi connectivity index (χ1v) is 4.50. The van der Waals surface area contributed by atoms with Gasteiger partial charge in [-0.15, -0.1) is 0 Å². The fourth-order valence-corrected chi connectivity index (χ4v) is 1.12. The van der Waals surface area contributed by atoms with Crippen LogP contribution in [0.3, 0.4) is 0 Å². The van der Waals surface area contributed by atoms with Crippen molar-refractivity contribution in [1.29, 1.82) is 0 Å². The molecular weight excluding hydrogens is 164 g/mol. The third-order valence-electron chi connectivity index (χ3n) is 1.59. The normalized spacial score (nSPS) is 17.5. The Labute approximate surface area is 80.2 Å². The number of methoxy groups -OCH3 is 1. The fraction of sp³-hybridized carbons (Fsp3) is 0.545. The zero-order chi connectivity index (χ0) is 9.90. The summed E-state index contributed by atoms with van der Waals surface area (Å²) >= 11 is 0. The van der Waals surface area contributed by atoms with Crippen LogP contribution in [0, 0.1) is 6.42 Å². The average molecular weight is 181 g/mol. The lowest BCUT2D eigenvalue weighted by Crippen LogP contribution is -2.20. The largest absolute Gasteiger partial charge is 0.493 e. The summed E-state index contributed by atoms with van der Waals surface area (Å²) in [5.41, 5.74) is -0.166. The van der Waals surface area contributed by atoms with Crippen LogP contribution < -0.4 is 0 Å². The van der Waals surface area contributed by atoms with Crippen molar-refractivity contribution in [3.63, 3.8) is 0 Å². The standard InChI is InChI=1S/C11H17O2/c1-11(2,3)13-10-8-6-5-7-9(10)12-4/h5,7-8H,6H2,1-4H3. The van der Waals surface area contributed by atoms with Crippen LogP contribution in [0.5, 0.6) is 0 Å². The Balaban J connectivity index is 2.68. The van der Waals surface area contributed by atoms with E-state index >= 15 is 0 Å². The van der Waals surface area contributed by atoms with Crippen LogP contribution >= 0.6 is 0 Å². The average Bonchev–Trinajstić information content (AvgIpc) is 2.02. The first-order chi connectivity index (χ1) is 6.03. The summed E-state index contributed by atoms with van der Waals surface area (Å²) in [5.74, 6) is 1.65. The molecule has 0 saturated carbocycles. The maximum Gasteiger partial charge on any atom is 0.157 e. The van der Waals surface area contributed by atoms with E-state index in [2.05, 4.69) is 0 Å². The second-order valence-electron chi connectivity index (χ2n) is 3.99. The van der Waals surface area contributed by atoms with Gasteiger partial charge in [0.15, 0.2) is 11.5 Å². The molecule has 13 heavy (non-hydrogen) atoms. The molecule has 2 nitrogen and oxygen atoms in total. The molecule has 0 fully saturated rings. The van der Waals surface area contributed by atoms with Gasteiger partial charge in [0.2, 0.25) is 0 Å². The Bertz CT molecular complexity index is 231. The summed E-state index contributed by atoms with van der Waals surface area (Å²) in [6.45, 7) is 6.08. The Hall–Kier alpha value is -0.920. The van der Waals surface area contributed by atoms with Crippen LogP contribution in [0.2, 0.25) is 0 Å². The van der Waals surface area contributed by atoms with Gasteiger partial charge in [-0.05, 0) is 45.8 Å².